The molecule has 7 nitrogen and oxygen atoms in total. The van der Waals surface area contributed by atoms with Crippen LogP contribution in [0.15, 0.2) is 4.52 Å². The molecule has 1 N–H and O–H groups in total. The number of carbonyl (C=O) groups excluding carboxylic acids is 1. The molecule has 0 unspecified atom stereocenters. The Bertz CT molecular complexity index is 735. The van der Waals surface area contributed by atoms with Gasteiger partial charge >= 0.3 is 12.2 Å². The number of carbonyl (C=O) groups is 1. The molecule has 2 aromatic rings. The maximum atomic E-state index is 13.1. The number of nitrogens with zero attached hydrogens (tertiary/aromatic N) is 4. The Labute approximate surface area is 128 Å². The minimum absolute atomic E-state index is 0.0930. The summed E-state index contributed by atoms with van der Waals surface area (Å²) in [6.07, 6.45) is -2.25. The summed E-state index contributed by atoms with van der Waals surface area (Å²) in [6.45, 7) is 1.25. The number of hydrogen-bond acceptors (Lipinski definition) is 5. The van der Waals surface area contributed by atoms with Gasteiger partial charge in [-0.25, -0.2) is 0 Å². The van der Waals surface area contributed by atoms with Crippen molar-refractivity contribution < 1.29 is 22.5 Å². The fourth-order valence-electron chi connectivity index (χ4n) is 2.67. The number of aryl methyl sites for hydroxylation is 1. The van der Waals surface area contributed by atoms with Crippen LogP contribution in [0, 0.1) is 6.92 Å². The molecule has 10 heteroatoms. The topological polar surface area (TPSA) is 85.8 Å². The average Bonchev–Trinajstić information content (AvgIpc) is 3.03. The summed E-state index contributed by atoms with van der Waals surface area (Å²) in [7, 11) is 0. The molecule has 0 saturated heterocycles. The van der Waals surface area contributed by atoms with E-state index >= 15 is 0 Å². The number of nitrogens with one attached hydrogen (secondary N) is 1. The lowest BCUT2D eigenvalue weighted by atomic mass is 9.95. The molecular weight excluding hydrogens is 315 g/mol. The second-order valence-corrected chi connectivity index (χ2v) is 5.33. The minimum Gasteiger partial charge on any atom is -0.315 e. The number of aromatic nitrogens is 4. The van der Waals surface area contributed by atoms with Gasteiger partial charge in [0.15, 0.2) is 11.5 Å². The van der Waals surface area contributed by atoms with Crippen molar-refractivity contribution in [3.63, 3.8) is 0 Å². The Balaban J connectivity index is 1.82. The van der Waals surface area contributed by atoms with Crippen LogP contribution in [0.3, 0.4) is 0 Å². The molecule has 2 heterocycles. The van der Waals surface area contributed by atoms with Crippen LogP contribution >= 0.6 is 0 Å². The first kappa shape index (κ1) is 15.5. The summed E-state index contributed by atoms with van der Waals surface area (Å²) in [5.74, 6) is -0.227. The lowest BCUT2D eigenvalue weighted by Crippen LogP contribution is -2.22. The van der Waals surface area contributed by atoms with Gasteiger partial charge in [0, 0.05) is 11.3 Å². The van der Waals surface area contributed by atoms with Crippen LogP contribution in [0.25, 0.3) is 0 Å². The zero-order valence-electron chi connectivity index (χ0n) is 12.3. The molecule has 0 atom stereocenters. The molecule has 1 aliphatic carbocycles. The smallest absolute Gasteiger partial charge is 0.315 e. The normalized spacial score (nSPS) is 14.6. The monoisotopic (exact) mass is 329 g/mol. The van der Waals surface area contributed by atoms with Gasteiger partial charge in [-0.05, 0) is 32.6 Å². The average molecular weight is 329 g/mol. The molecule has 0 spiro atoms. The largest absolute Gasteiger partial charge is 0.435 e. The van der Waals surface area contributed by atoms with Crippen molar-refractivity contribution in [2.75, 3.05) is 5.32 Å². The second-order valence-electron chi connectivity index (χ2n) is 5.33. The molecule has 0 saturated carbocycles. The Morgan fingerprint density at radius 2 is 2.09 bits per heavy atom. The Morgan fingerprint density at radius 3 is 2.74 bits per heavy atom. The first-order valence-electron chi connectivity index (χ1n) is 7.10. The molecule has 1 amide bonds. The highest BCUT2D eigenvalue weighted by Gasteiger charge is 2.39. The molecule has 124 valence electrons. The molecule has 2 aromatic heterocycles. The number of amides is 1. The third-order valence-corrected chi connectivity index (χ3v) is 3.59. The van der Waals surface area contributed by atoms with Crippen LogP contribution in [0.1, 0.15) is 35.6 Å². The number of hydrogen-bond donors (Lipinski definition) is 1. The van der Waals surface area contributed by atoms with Crippen LogP contribution in [0.2, 0.25) is 0 Å². The van der Waals surface area contributed by atoms with Gasteiger partial charge in [0.25, 0.3) is 0 Å². The van der Waals surface area contributed by atoms with E-state index in [-0.39, 0.29) is 18.1 Å². The summed E-state index contributed by atoms with van der Waals surface area (Å²) < 4.78 is 45.1. The van der Waals surface area contributed by atoms with E-state index in [4.69, 9.17) is 4.52 Å². The van der Waals surface area contributed by atoms with E-state index in [1.807, 2.05) is 0 Å². The van der Waals surface area contributed by atoms with E-state index in [0.29, 0.717) is 30.8 Å². The SMILES string of the molecule is Cc1noc(NC(=O)Cn2nc(C(F)(F)F)c3c2CCCC3)n1. The molecule has 23 heavy (non-hydrogen) atoms. The van der Waals surface area contributed by atoms with Crippen molar-refractivity contribution in [2.24, 2.45) is 0 Å². The summed E-state index contributed by atoms with van der Waals surface area (Å²) in [5.41, 5.74) is -0.223. The lowest BCUT2D eigenvalue weighted by Gasteiger charge is -2.14. The van der Waals surface area contributed by atoms with Crippen LogP contribution in [-0.4, -0.2) is 25.8 Å². The summed E-state index contributed by atoms with van der Waals surface area (Å²) in [5, 5.41) is 9.47. The molecular formula is C13H14F3N5O2. The van der Waals surface area contributed by atoms with Crippen molar-refractivity contribution in [2.45, 2.75) is 45.3 Å². The molecule has 0 fully saturated rings. The molecule has 0 aliphatic heterocycles. The molecule has 1 aliphatic rings. The van der Waals surface area contributed by atoms with E-state index in [9.17, 15) is 18.0 Å². The lowest BCUT2D eigenvalue weighted by molar-refractivity contribution is -0.142. The van der Waals surface area contributed by atoms with Gasteiger partial charge in [-0.1, -0.05) is 5.16 Å². The quantitative estimate of drug-likeness (QED) is 0.932. The molecule has 0 radical (unpaired) electrons. The third kappa shape index (κ3) is 3.20. The summed E-state index contributed by atoms with van der Waals surface area (Å²) in [4.78, 5) is 15.8. The van der Waals surface area contributed by atoms with Gasteiger partial charge in [-0.15, -0.1) is 0 Å². The summed E-state index contributed by atoms with van der Waals surface area (Å²) >= 11 is 0. The van der Waals surface area contributed by atoms with Crippen molar-refractivity contribution >= 4 is 11.9 Å². The van der Waals surface area contributed by atoms with E-state index in [0.717, 1.165) is 11.1 Å². The van der Waals surface area contributed by atoms with Crippen molar-refractivity contribution in [1.29, 1.82) is 0 Å². The van der Waals surface area contributed by atoms with Crippen LogP contribution in [-0.2, 0) is 30.4 Å². The number of fused-ring (bicyclic) bond motifs is 1. The first-order valence-corrected chi connectivity index (χ1v) is 7.10. The van der Waals surface area contributed by atoms with E-state index < -0.39 is 17.8 Å². The van der Waals surface area contributed by atoms with Gasteiger partial charge in [0.05, 0.1) is 0 Å². The molecule has 0 bridgehead atoms. The second kappa shape index (κ2) is 5.67. The Hall–Kier alpha value is -2.39. The fraction of sp³-hybridized carbons (Fsp3) is 0.538. The number of rotatable bonds is 3. The van der Waals surface area contributed by atoms with Gasteiger partial charge in [0.2, 0.25) is 5.91 Å². The fourth-order valence-corrected chi connectivity index (χ4v) is 2.67. The zero-order chi connectivity index (χ0) is 16.6. The van der Waals surface area contributed by atoms with Gasteiger partial charge < -0.3 is 4.52 Å². The van der Waals surface area contributed by atoms with Crippen molar-refractivity contribution in [1.82, 2.24) is 19.9 Å². The van der Waals surface area contributed by atoms with Gasteiger partial charge in [-0.2, -0.15) is 23.3 Å². The number of alkyl halides is 3. The van der Waals surface area contributed by atoms with Crippen molar-refractivity contribution in [3.8, 4) is 0 Å². The van der Waals surface area contributed by atoms with Crippen LogP contribution in [0.4, 0.5) is 19.2 Å². The van der Waals surface area contributed by atoms with E-state index in [1.165, 1.54) is 0 Å². The standard InChI is InChI=1S/C13H14F3N5O2/c1-7-17-12(23-20-7)18-10(22)6-21-9-5-3-2-4-8(9)11(19-21)13(14,15)16/h2-6H2,1H3,(H,17,18,20,22). The highest BCUT2D eigenvalue weighted by Crippen LogP contribution is 2.35. The molecule has 3 rings (SSSR count). The zero-order valence-corrected chi connectivity index (χ0v) is 12.3. The Morgan fingerprint density at radius 1 is 1.35 bits per heavy atom. The predicted octanol–water partition coefficient (Wildman–Crippen LogP) is 2.11. The van der Waals surface area contributed by atoms with Gasteiger partial charge in [-0.3, -0.25) is 14.8 Å². The van der Waals surface area contributed by atoms with Crippen LogP contribution in [0.5, 0.6) is 0 Å². The predicted molar refractivity (Wildman–Crippen MR) is 71.5 cm³/mol. The maximum Gasteiger partial charge on any atom is 0.435 e. The Kier molecular flexibility index (Phi) is 3.82. The van der Waals surface area contributed by atoms with Gasteiger partial charge in [0.1, 0.15) is 6.54 Å². The third-order valence-electron chi connectivity index (χ3n) is 3.59. The van der Waals surface area contributed by atoms with E-state index in [1.54, 1.807) is 6.92 Å². The number of anilines is 1. The molecule has 0 aromatic carbocycles. The maximum absolute atomic E-state index is 13.1. The van der Waals surface area contributed by atoms with Crippen molar-refractivity contribution in [3.05, 3.63) is 22.8 Å². The van der Waals surface area contributed by atoms with Crippen LogP contribution < -0.4 is 5.32 Å². The number of halogens is 3. The van der Waals surface area contributed by atoms with E-state index in [2.05, 4.69) is 20.6 Å². The summed E-state index contributed by atoms with van der Waals surface area (Å²) in [6, 6.07) is -0.0930. The minimum atomic E-state index is -4.52. The highest BCUT2D eigenvalue weighted by atomic mass is 19.4. The highest BCUT2D eigenvalue weighted by molar-refractivity contribution is 5.88. The first-order chi connectivity index (χ1) is 10.8.